The van der Waals surface area contributed by atoms with E-state index in [0.717, 1.165) is 12.8 Å². The molecule has 1 aromatic carbocycles. The van der Waals surface area contributed by atoms with Gasteiger partial charge in [-0.1, -0.05) is 25.5 Å². The van der Waals surface area contributed by atoms with Gasteiger partial charge in [0.2, 0.25) is 0 Å². The summed E-state index contributed by atoms with van der Waals surface area (Å²) in [6, 6.07) is 8.16. The maximum absolute atomic E-state index is 12.4. The Morgan fingerprint density at radius 2 is 1.93 bits per heavy atom. The average Bonchev–Trinajstić information content (AvgIpc) is 2.66. The van der Waals surface area contributed by atoms with Gasteiger partial charge < -0.3 is 25.2 Å². The molecule has 0 unspecified atom stereocenters. The SMILES string of the molecule is CCCCOC(=O)c1ccccc1NC(=O)/C(C#N)=C\N(CCO)CCO. The van der Waals surface area contributed by atoms with E-state index in [4.69, 9.17) is 14.9 Å². The third kappa shape index (κ3) is 7.48. The Morgan fingerprint density at radius 3 is 2.52 bits per heavy atom. The summed E-state index contributed by atoms with van der Waals surface area (Å²) in [5.41, 5.74) is 0.217. The predicted octanol–water partition coefficient (Wildman–Crippen LogP) is 1.28. The smallest absolute Gasteiger partial charge is 0.340 e. The molecule has 0 fully saturated rings. The largest absolute Gasteiger partial charge is 0.462 e. The quantitative estimate of drug-likeness (QED) is 0.230. The molecule has 0 saturated heterocycles. The van der Waals surface area contributed by atoms with Gasteiger partial charge in [-0.2, -0.15) is 5.26 Å². The van der Waals surface area contributed by atoms with Crippen LogP contribution in [0.15, 0.2) is 36.0 Å². The van der Waals surface area contributed by atoms with Gasteiger partial charge in [-0.15, -0.1) is 0 Å². The summed E-state index contributed by atoms with van der Waals surface area (Å²) < 4.78 is 5.17. The number of amides is 1. The fraction of sp³-hybridized carbons (Fsp3) is 0.421. The number of para-hydroxylation sites is 1. The summed E-state index contributed by atoms with van der Waals surface area (Å²) in [7, 11) is 0. The summed E-state index contributed by atoms with van der Waals surface area (Å²) in [6.07, 6.45) is 2.90. The van der Waals surface area contributed by atoms with Crippen LogP contribution in [-0.2, 0) is 9.53 Å². The minimum absolute atomic E-state index is 0.166. The van der Waals surface area contributed by atoms with Crippen molar-refractivity contribution in [3.8, 4) is 6.07 Å². The number of ether oxygens (including phenoxy) is 1. The Bertz CT molecular complexity index is 691. The van der Waals surface area contributed by atoms with Crippen molar-refractivity contribution in [2.24, 2.45) is 0 Å². The van der Waals surface area contributed by atoms with E-state index in [1.54, 1.807) is 24.3 Å². The Balaban J connectivity index is 2.94. The molecule has 8 nitrogen and oxygen atoms in total. The molecule has 1 aromatic rings. The van der Waals surface area contributed by atoms with E-state index in [1.807, 2.05) is 6.92 Å². The van der Waals surface area contributed by atoms with Crippen LogP contribution in [0.1, 0.15) is 30.1 Å². The van der Waals surface area contributed by atoms with Gasteiger partial charge in [0.15, 0.2) is 0 Å². The van der Waals surface area contributed by atoms with Crippen LogP contribution >= 0.6 is 0 Å². The van der Waals surface area contributed by atoms with Gasteiger partial charge in [0.1, 0.15) is 11.6 Å². The van der Waals surface area contributed by atoms with Crippen molar-refractivity contribution >= 4 is 17.6 Å². The van der Waals surface area contributed by atoms with Crippen molar-refractivity contribution in [2.75, 3.05) is 38.2 Å². The van der Waals surface area contributed by atoms with Crippen molar-refractivity contribution in [1.29, 1.82) is 5.26 Å². The Morgan fingerprint density at radius 1 is 1.26 bits per heavy atom. The number of hydrogen-bond donors (Lipinski definition) is 3. The number of benzene rings is 1. The first-order valence-corrected chi connectivity index (χ1v) is 8.72. The number of aliphatic hydroxyl groups is 2. The van der Waals surface area contributed by atoms with E-state index in [0.29, 0.717) is 0 Å². The monoisotopic (exact) mass is 375 g/mol. The van der Waals surface area contributed by atoms with Crippen molar-refractivity contribution in [3.05, 3.63) is 41.6 Å². The Labute approximate surface area is 158 Å². The minimum Gasteiger partial charge on any atom is -0.462 e. The number of anilines is 1. The molecule has 0 saturated carbocycles. The standard InChI is InChI=1S/C19H25N3O5/c1-2-3-12-27-19(26)16-6-4-5-7-17(16)21-18(25)15(13-20)14-22(8-10-23)9-11-24/h4-7,14,23-24H,2-3,8-12H2,1H3,(H,21,25)/b15-14-. The van der Waals surface area contributed by atoms with E-state index in [2.05, 4.69) is 5.32 Å². The fourth-order valence-corrected chi connectivity index (χ4v) is 2.17. The maximum Gasteiger partial charge on any atom is 0.340 e. The first-order valence-electron chi connectivity index (χ1n) is 8.72. The molecule has 0 spiro atoms. The second-order valence-electron chi connectivity index (χ2n) is 5.63. The van der Waals surface area contributed by atoms with Gasteiger partial charge in [-0.05, 0) is 18.6 Å². The lowest BCUT2D eigenvalue weighted by Gasteiger charge is -2.18. The highest BCUT2D eigenvalue weighted by atomic mass is 16.5. The molecule has 27 heavy (non-hydrogen) atoms. The van der Waals surface area contributed by atoms with Crippen LogP contribution < -0.4 is 5.32 Å². The summed E-state index contributed by atoms with van der Waals surface area (Å²) >= 11 is 0. The summed E-state index contributed by atoms with van der Waals surface area (Å²) in [4.78, 5) is 26.1. The highest BCUT2D eigenvalue weighted by Crippen LogP contribution is 2.17. The number of nitrogens with one attached hydrogen (secondary N) is 1. The molecule has 0 radical (unpaired) electrons. The summed E-state index contributed by atoms with van der Waals surface area (Å²) in [5, 5.41) is 29.8. The average molecular weight is 375 g/mol. The molecule has 0 aliphatic heterocycles. The second-order valence-corrected chi connectivity index (χ2v) is 5.63. The van der Waals surface area contributed by atoms with Gasteiger partial charge in [-0.25, -0.2) is 4.79 Å². The second kappa shape index (κ2) is 12.5. The van der Waals surface area contributed by atoms with Crippen molar-refractivity contribution in [3.63, 3.8) is 0 Å². The molecule has 0 aliphatic carbocycles. The van der Waals surface area contributed by atoms with E-state index in [-0.39, 0.29) is 49.7 Å². The third-order valence-electron chi connectivity index (χ3n) is 3.58. The number of nitrogens with zero attached hydrogens (tertiary/aromatic N) is 2. The number of esters is 1. The highest BCUT2D eigenvalue weighted by Gasteiger charge is 2.17. The molecule has 0 bridgehead atoms. The molecular weight excluding hydrogens is 350 g/mol. The molecular formula is C19H25N3O5. The lowest BCUT2D eigenvalue weighted by molar-refractivity contribution is -0.112. The zero-order chi connectivity index (χ0) is 20.1. The number of unbranched alkanes of at least 4 members (excludes halogenated alkanes) is 1. The highest BCUT2D eigenvalue weighted by molar-refractivity contribution is 6.09. The molecule has 146 valence electrons. The van der Waals surface area contributed by atoms with Crippen molar-refractivity contribution < 1.29 is 24.5 Å². The van der Waals surface area contributed by atoms with E-state index >= 15 is 0 Å². The zero-order valence-electron chi connectivity index (χ0n) is 15.4. The molecule has 0 heterocycles. The van der Waals surface area contributed by atoms with Crippen LogP contribution in [0.25, 0.3) is 0 Å². The molecule has 1 rings (SSSR count). The zero-order valence-corrected chi connectivity index (χ0v) is 15.4. The van der Waals surface area contributed by atoms with Gasteiger partial charge in [0.25, 0.3) is 5.91 Å². The van der Waals surface area contributed by atoms with Gasteiger partial charge >= 0.3 is 5.97 Å². The number of hydrogen-bond acceptors (Lipinski definition) is 7. The van der Waals surface area contributed by atoms with Gasteiger partial charge in [0, 0.05) is 19.3 Å². The molecule has 1 amide bonds. The first-order chi connectivity index (χ1) is 13.1. The predicted molar refractivity (Wildman–Crippen MR) is 99.7 cm³/mol. The van der Waals surface area contributed by atoms with E-state index in [9.17, 15) is 14.9 Å². The van der Waals surface area contributed by atoms with Crippen LogP contribution in [0, 0.1) is 11.3 Å². The normalized spacial score (nSPS) is 10.8. The van der Waals surface area contributed by atoms with Crippen LogP contribution in [0.3, 0.4) is 0 Å². The summed E-state index contributed by atoms with van der Waals surface area (Å²) in [6.45, 7) is 2.22. The topological polar surface area (TPSA) is 123 Å². The molecule has 8 heteroatoms. The van der Waals surface area contributed by atoms with Crippen LogP contribution in [0.2, 0.25) is 0 Å². The first kappa shape index (κ1) is 22.2. The molecule has 3 N–H and O–H groups in total. The Hall–Kier alpha value is -2.89. The number of aliphatic hydroxyl groups excluding tert-OH is 2. The third-order valence-corrected chi connectivity index (χ3v) is 3.58. The lowest BCUT2D eigenvalue weighted by atomic mass is 10.1. The van der Waals surface area contributed by atoms with E-state index < -0.39 is 11.9 Å². The maximum atomic E-state index is 12.4. The van der Waals surface area contributed by atoms with Crippen LogP contribution in [-0.4, -0.2) is 59.9 Å². The molecule has 0 atom stereocenters. The van der Waals surface area contributed by atoms with Gasteiger partial charge in [0.05, 0.1) is 31.1 Å². The summed E-state index contributed by atoms with van der Waals surface area (Å²) in [5.74, 6) is -1.25. The molecule has 0 aromatic heterocycles. The minimum atomic E-state index is -0.702. The number of carbonyl (C=O) groups excluding carboxylic acids is 2. The van der Waals surface area contributed by atoms with E-state index in [1.165, 1.54) is 17.2 Å². The van der Waals surface area contributed by atoms with Gasteiger partial charge in [-0.3, -0.25) is 4.79 Å². The number of nitriles is 1. The number of carbonyl (C=O) groups is 2. The van der Waals surface area contributed by atoms with Crippen LogP contribution in [0.4, 0.5) is 5.69 Å². The molecule has 0 aliphatic rings. The fourth-order valence-electron chi connectivity index (χ4n) is 2.17. The lowest BCUT2D eigenvalue weighted by Crippen LogP contribution is -2.27. The van der Waals surface area contributed by atoms with Crippen LogP contribution in [0.5, 0.6) is 0 Å². The van der Waals surface area contributed by atoms with Crippen molar-refractivity contribution in [2.45, 2.75) is 19.8 Å². The Kier molecular flexibility index (Phi) is 10.2. The number of rotatable bonds is 11. The van der Waals surface area contributed by atoms with Crippen molar-refractivity contribution in [1.82, 2.24) is 4.90 Å².